The minimum atomic E-state index is 0.171. The SMILES string of the molecule is CCCNc1nc(Cl)nc(NCc2cscn2)n1. The molecule has 0 aliphatic rings. The van der Waals surface area contributed by atoms with Crippen LogP contribution in [0.4, 0.5) is 11.9 Å². The smallest absolute Gasteiger partial charge is 0.229 e. The summed E-state index contributed by atoms with van der Waals surface area (Å²) in [4.78, 5) is 16.4. The Labute approximate surface area is 114 Å². The molecule has 0 unspecified atom stereocenters. The Kier molecular flexibility index (Phi) is 4.66. The van der Waals surface area contributed by atoms with Crippen molar-refractivity contribution < 1.29 is 0 Å². The maximum Gasteiger partial charge on any atom is 0.229 e. The van der Waals surface area contributed by atoms with Crippen LogP contribution in [-0.4, -0.2) is 26.5 Å². The van der Waals surface area contributed by atoms with Gasteiger partial charge in [0.05, 0.1) is 17.7 Å². The third kappa shape index (κ3) is 3.78. The van der Waals surface area contributed by atoms with E-state index in [0.29, 0.717) is 18.4 Å². The van der Waals surface area contributed by atoms with Crippen molar-refractivity contribution in [2.45, 2.75) is 19.9 Å². The molecule has 2 aromatic rings. The molecule has 2 aromatic heterocycles. The quantitative estimate of drug-likeness (QED) is 0.848. The van der Waals surface area contributed by atoms with Gasteiger partial charge in [0.2, 0.25) is 17.2 Å². The van der Waals surface area contributed by atoms with Gasteiger partial charge in [0, 0.05) is 11.9 Å². The lowest BCUT2D eigenvalue weighted by molar-refractivity contribution is 0.929. The molecule has 6 nitrogen and oxygen atoms in total. The first-order valence-electron chi connectivity index (χ1n) is 5.54. The van der Waals surface area contributed by atoms with E-state index < -0.39 is 0 Å². The number of halogens is 1. The fourth-order valence-electron chi connectivity index (χ4n) is 1.24. The van der Waals surface area contributed by atoms with Crippen LogP contribution in [0.5, 0.6) is 0 Å². The van der Waals surface area contributed by atoms with Gasteiger partial charge < -0.3 is 10.6 Å². The van der Waals surface area contributed by atoms with Crippen LogP contribution < -0.4 is 10.6 Å². The summed E-state index contributed by atoms with van der Waals surface area (Å²) in [5.41, 5.74) is 2.73. The standard InChI is InChI=1S/C10H13ClN6S/c1-2-3-12-9-15-8(11)16-10(17-9)13-4-7-5-18-6-14-7/h5-6H,2-4H2,1H3,(H2,12,13,15,16,17). The van der Waals surface area contributed by atoms with Gasteiger partial charge in [0.15, 0.2) is 0 Å². The molecule has 2 rings (SSSR count). The van der Waals surface area contributed by atoms with Crippen molar-refractivity contribution in [3.63, 3.8) is 0 Å². The molecule has 0 amide bonds. The zero-order valence-corrected chi connectivity index (χ0v) is 11.4. The van der Waals surface area contributed by atoms with E-state index >= 15 is 0 Å². The molecule has 8 heteroatoms. The summed E-state index contributed by atoms with van der Waals surface area (Å²) in [5, 5.41) is 8.27. The van der Waals surface area contributed by atoms with E-state index in [1.54, 1.807) is 16.8 Å². The zero-order chi connectivity index (χ0) is 12.8. The fraction of sp³-hybridized carbons (Fsp3) is 0.400. The summed E-state index contributed by atoms with van der Waals surface area (Å²) in [7, 11) is 0. The number of hydrogen-bond donors (Lipinski definition) is 2. The Morgan fingerprint density at radius 2 is 2.00 bits per heavy atom. The van der Waals surface area contributed by atoms with Crippen LogP contribution in [0.1, 0.15) is 19.0 Å². The first-order chi connectivity index (χ1) is 8.78. The van der Waals surface area contributed by atoms with Crippen molar-refractivity contribution in [2.75, 3.05) is 17.2 Å². The number of nitrogens with one attached hydrogen (secondary N) is 2. The lowest BCUT2D eigenvalue weighted by atomic mass is 10.5. The van der Waals surface area contributed by atoms with E-state index in [1.165, 1.54) is 0 Å². The third-order valence-corrected chi connectivity index (χ3v) is 2.86. The van der Waals surface area contributed by atoms with Crippen molar-refractivity contribution in [1.29, 1.82) is 0 Å². The van der Waals surface area contributed by atoms with E-state index in [4.69, 9.17) is 11.6 Å². The van der Waals surface area contributed by atoms with Gasteiger partial charge in [-0.05, 0) is 18.0 Å². The summed E-state index contributed by atoms with van der Waals surface area (Å²) in [6, 6.07) is 0. The average molecular weight is 285 g/mol. The number of nitrogens with zero attached hydrogens (tertiary/aromatic N) is 4. The number of hydrogen-bond acceptors (Lipinski definition) is 7. The third-order valence-electron chi connectivity index (χ3n) is 2.05. The Morgan fingerprint density at radius 3 is 2.67 bits per heavy atom. The van der Waals surface area contributed by atoms with Crippen LogP contribution in [0, 0.1) is 0 Å². The Bertz CT molecular complexity index is 489. The van der Waals surface area contributed by atoms with E-state index in [1.807, 2.05) is 5.38 Å². The van der Waals surface area contributed by atoms with Crippen LogP contribution in [0.15, 0.2) is 10.9 Å². The highest BCUT2D eigenvalue weighted by Crippen LogP contribution is 2.11. The Morgan fingerprint density at radius 1 is 1.22 bits per heavy atom. The molecule has 0 saturated carbocycles. The molecule has 0 aromatic carbocycles. The highest BCUT2D eigenvalue weighted by molar-refractivity contribution is 7.07. The monoisotopic (exact) mass is 284 g/mol. The largest absolute Gasteiger partial charge is 0.354 e. The second-order valence-corrected chi connectivity index (χ2v) is 4.57. The first-order valence-corrected chi connectivity index (χ1v) is 6.86. The second kappa shape index (κ2) is 6.46. The predicted octanol–water partition coefficient (Wildman–Crippen LogP) is 2.42. The van der Waals surface area contributed by atoms with Crippen LogP contribution in [0.2, 0.25) is 5.28 Å². The maximum absolute atomic E-state index is 5.83. The van der Waals surface area contributed by atoms with Gasteiger partial charge in [0.25, 0.3) is 0 Å². The average Bonchev–Trinajstić information content (AvgIpc) is 2.86. The molecule has 96 valence electrons. The van der Waals surface area contributed by atoms with Gasteiger partial charge in [-0.3, -0.25) is 0 Å². The van der Waals surface area contributed by atoms with E-state index in [2.05, 4.69) is 37.5 Å². The van der Waals surface area contributed by atoms with Crippen molar-refractivity contribution in [3.05, 3.63) is 21.9 Å². The molecule has 2 N–H and O–H groups in total. The summed E-state index contributed by atoms with van der Waals surface area (Å²) in [6.07, 6.45) is 0.991. The van der Waals surface area contributed by atoms with Crippen molar-refractivity contribution in [3.8, 4) is 0 Å². The van der Waals surface area contributed by atoms with Gasteiger partial charge in [-0.15, -0.1) is 11.3 Å². The molecule has 2 heterocycles. The van der Waals surface area contributed by atoms with Gasteiger partial charge in [0.1, 0.15) is 0 Å². The highest BCUT2D eigenvalue weighted by Gasteiger charge is 2.04. The summed E-state index contributed by atoms with van der Waals surface area (Å²) in [5.74, 6) is 0.930. The summed E-state index contributed by atoms with van der Waals surface area (Å²) < 4.78 is 0. The van der Waals surface area contributed by atoms with Gasteiger partial charge >= 0.3 is 0 Å². The van der Waals surface area contributed by atoms with Crippen LogP contribution in [-0.2, 0) is 6.54 Å². The minimum Gasteiger partial charge on any atom is -0.354 e. The van der Waals surface area contributed by atoms with E-state index in [-0.39, 0.29) is 5.28 Å². The molecule has 18 heavy (non-hydrogen) atoms. The molecule has 0 aliphatic carbocycles. The minimum absolute atomic E-state index is 0.171. The molecule has 0 atom stereocenters. The van der Waals surface area contributed by atoms with Gasteiger partial charge in [-0.1, -0.05) is 6.92 Å². The van der Waals surface area contributed by atoms with Crippen LogP contribution in [0.3, 0.4) is 0 Å². The van der Waals surface area contributed by atoms with Crippen molar-refractivity contribution in [1.82, 2.24) is 19.9 Å². The summed E-state index contributed by atoms with van der Waals surface area (Å²) >= 11 is 7.38. The van der Waals surface area contributed by atoms with Gasteiger partial charge in [-0.25, -0.2) is 4.98 Å². The topological polar surface area (TPSA) is 75.6 Å². The Hall–Kier alpha value is -1.47. The second-order valence-electron chi connectivity index (χ2n) is 3.51. The molecule has 0 bridgehead atoms. The van der Waals surface area contributed by atoms with Crippen molar-refractivity contribution in [2.24, 2.45) is 0 Å². The van der Waals surface area contributed by atoms with Crippen molar-refractivity contribution >= 4 is 34.8 Å². The number of rotatable bonds is 6. The van der Waals surface area contributed by atoms with Gasteiger partial charge in [-0.2, -0.15) is 15.0 Å². The zero-order valence-electron chi connectivity index (χ0n) is 9.85. The molecule has 0 spiro atoms. The normalized spacial score (nSPS) is 10.3. The fourth-order valence-corrected chi connectivity index (χ4v) is 1.96. The Balaban J connectivity index is 2.00. The first kappa shape index (κ1) is 13.0. The van der Waals surface area contributed by atoms with E-state index in [0.717, 1.165) is 18.7 Å². The molecule has 0 aliphatic heterocycles. The molecule has 0 saturated heterocycles. The number of anilines is 2. The van der Waals surface area contributed by atoms with Crippen LogP contribution >= 0.6 is 22.9 Å². The molecular weight excluding hydrogens is 272 g/mol. The summed E-state index contributed by atoms with van der Waals surface area (Å²) in [6.45, 7) is 3.43. The predicted molar refractivity (Wildman–Crippen MR) is 73.1 cm³/mol. The lowest BCUT2D eigenvalue weighted by Gasteiger charge is -2.06. The molecule has 0 radical (unpaired) electrons. The molecular formula is C10H13ClN6S. The lowest BCUT2D eigenvalue weighted by Crippen LogP contribution is -2.09. The highest BCUT2D eigenvalue weighted by atomic mass is 35.5. The maximum atomic E-state index is 5.83. The number of aromatic nitrogens is 4. The number of thiazole rings is 1. The van der Waals surface area contributed by atoms with E-state index in [9.17, 15) is 0 Å². The van der Waals surface area contributed by atoms with Crippen LogP contribution in [0.25, 0.3) is 0 Å². The molecule has 0 fully saturated rings.